The van der Waals surface area contributed by atoms with Crippen LogP contribution in [0.2, 0.25) is 0 Å². The van der Waals surface area contributed by atoms with E-state index in [0.29, 0.717) is 25.9 Å². The minimum absolute atomic E-state index is 0.315. The Kier molecular flexibility index (Phi) is 4.25. The monoisotopic (exact) mass is 295 g/mol. The zero-order valence-corrected chi connectivity index (χ0v) is 11.7. The Bertz CT molecular complexity index is 667. The van der Waals surface area contributed by atoms with Gasteiger partial charge >= 0.3 is 11.7 Å². The number of carboxylic acid groups (broad SMARTS) is 1. The Balaban J connectivity index is 2.07. The fraction of sp³-hybridized carbons (Fsp3) is 0.538. The molecule has 0 radical (unpaired) electrons. The molecule has 1 N–H and O–H groups in total. The average Bonchev–Trinajstić information content (AvgIpc) is 2.47. The molecule has 8 nitrogen and oxygen atoms in total. The van der Waals surface area contributed by atoms with E-state index in [-0.39, 0.29) is 12.5 Å². The highest BCUT2D eigenvalue weighted by Crippen LogP contribution is 2.17. The minimum atomic E-state index is -0.852. The summed E-state index contributed by atoms with van der Waals surface area (Å²) in [5.74, 6) is -1.62. The van der Waals surface area contributed by atoms with Crippen molar-refractivity contribution < 1.29 is 14.7 Å². The summed E-state index contributed by atoms with van der Waals surface area (Å²) in [6.45, 7) is 0.347. The lowest BCUT2D eigenvalue weighted by molar-refractivity contribution is -0.145. The third-order valence-electron chi connectivity index (χ3n) is 3.73. The third-order valence-corrected chi connectivity index (χ3v) is 3.73. The molecule has 21 heavy (non-hydrogen) atoms. The molecule has 2 rings (SSSR count). The first kappa shape index (κ1) is 15.0. The van der Waals surface area contributed by atoms with Crippen molar-refractivity contribution in [3.63, 3.8) is 0 Å². The quantitative estimate of drug-likeness (QED) is 0.760. The third kappa shape index (κ3) is 3.21. The van der Waals surface area contributed by atoms with Gasteiger partial charge in [0, 0.05) is 32.4 Å². The Labute approximate surface area is 120 Å². The van der Waals surface area contributed by atoms with Gasteiger partial charge < -0.3 is 14.6 Å². The number of carboxylic acids is 1. The summed E-state index contributed by atoms with van der Waals surface area (Å²) in [4.78, 5) is 48.0. The summed E-state index contributed by atoms with van der Waals surface area (Å²) < 4.78 is 2.11. The van der Waals surface area contributed by atoms with Crippen molar-refractivity contribution in [1.29, 1.82) is 0 Å². The van der Waals surface area contributed by atoms with Crippen molar-refractivity contribution in [2.45, 2.75) is 19.4 Å². The molecule has 2 heterocycles. The van der Waals surface area contributed by atoms with Crippen molar-refractivity contribution in [2.75, 3.05) is 13.1 Å². The van der Waals surface area contributed by atoms with E-state index in [0.717, 1.165) is 4.57 Å². The normalized spacial score (nSPS) is 16.0. The molecule has 1 amide bonds. The Morgan fingerprint density at radius 3 is 2.48 bits per heavy atom. The molecule has 0 aromatic carbocycles. The topological polar surface area (TPSA) is 102 Å². The van der Waals surface area contributed by atoms with E-state index in [1.165, 1.54) is 28.8 Å². The van der Waals surface area contributed by atoms with Crippen LogP contribution in [0.1, 0.15) is 12.8 Å². The van der Waals surface area contributed by atoms with Crippen LogP contribution in [0.3, 0.4) is 0 Å². The number of aryl methyl sites for hydroxylation is 1. The van der Waals surface area contributed by atoms with Crippen molar-refractivity contribution in [3.8, 4) is 0 Å². The van der Waals surface area contributed by atoms with Gasteiger partial charge in [-0.15, -0.1) is 0 Å². The van der Waals surface area contributed by atoms with Gasteiger partial charge in [0.2, 0.25) is 5.91 Å². The second-order valence-electron chi connectivity index (χ2n) is 5.13. The average molecular weight is 295 g/mol. The van der Waals surface area contributed by atoms with Crippen molar-refractivity contribution in [2.24, 2.45) is 13.0 Å². The maximum atomic E-state index is 12.1. The van der Waals surface area contributed by atoms with Gasteiger partial charge in [-0.05, 0) is 12.8 Å². The van der Waals surface area contributed by atoms with Crippen molar-refractivity contribution >= 4 is 11.9 Å². The molecule has 0 spiro atoms. The molecule has 1 aliphatic heterocycles. The number of carbonyl (C=O) groups is 2. The minimum Gasteiger partial charge on any atom is -0.481 e. The van der Waals surface area contributed by atoms with Crippen LogP contribution in [0.4, 0.5) is 0 Å². The van der Waals surface area contributed by atoms with E-state index in [1.807, 2.05) is 0 Å². The Morgan fingerprint density at radius 2 is 1.90 bits per heavy atom. The van der Waals surface area contributed by atoms with E-state index < -0.39 is 23.1 Å². The molecule has 1 fully saturated rings. The van der Waals surface area contributed by atoms with Gasteiger partial charge in [0.05, 0.1) is 5.92 Å². The van der Waals surface area contributed by atoms with Gasteiger partial charge in [-0.1, -0.05) is 0 Å². The molecule has 1 saturated heterocycles. The molecule has 114 valence electrons. The zero-order chi connectivity index (χ0) is 15.6. The number of hydrogen-bond acceptors (Lipinski definition) is 4. The number of carbonyl (C=O) groups excluding carboxylic acids is 1. The lowest BCUT2D eigenvalue weighted by atomic mass is 9.97. The SMILES string of the molecule is Cn1ccc(=O)n(CC(=O)N2CCC(C(=O)O)CC2)c1=O. The van der Waals surface area contributed by atoms with Crippen LogP contribution in [0, 0.1) is 5.92 Å². The van der Waals surface area contributed by atoms with Gasteiger partial charge in [0.25, 0.3) is 5.56 Å². The summed E-state index contributed by atoms with van der Waals surface area (Å²) in [5, 5.41) is 8.91. The van der Waals surface area contributed by atoms with Crippen LogP contribution in [-0.4, -0.2) is 44.1 Å². The highest BCUT2D eigenvalue weighted by atomic mass is 16.4. The first-order valence-corrected chi connectivity index (χ1v) is 6.67. The van der Waals surface area contributed by atoms with Gasteiger partial charge in [-0.3, -0.25) is 19.0 Å². The van der Waals surface area contributed by atoms with E-state index >= 15 is 0 Å². The maximum absolute atomic E-state index is 12.1. The molecule has 1 aliphatic rings. The molecule has 0 unspecified atom stereocenters. The first-order valence-electron chi connectivity index (χ1n) is 6.67. The fourth-order valence-electron chi connectivity index (χ4n) is 2.37. The summed E-state index contributed by atoms with van der Waals surface area (Å²) >= 11 is 0. The highest BCUT2D eigenvalue weighted by Gasteiger charge is 2.27. The first-order chi connectivity index (χ1) is 9.90. The smallest absolute Gasteiger partial charge is 0.331 e. The Hall–Kier alpha value is -2.38. The fourth-order valence-corrected chi connectivity index (χ4v) is 2.37. The second-order valence-corrected chi connectivity index (χ2v) is 5.13. The van der Waals surface area contributed by atoms with E-state index in [9.17, 15) is 19.2 Å². The molecule has 0 atom stereocenters. The van der Waals surface area contributed by atoms with Crippen LogP contribution < -0.4 is 11.2 Å². The van der Waals surface area contributed by atoms with Gasteiger partial charge in [0.1, 0.15) is 6.54 Å². The second kappa shape index (κ2) is 5.94. The number of likely N-dealkylation sites (tertiary alicyclic amines) is 1. The van der Waals surface area contributed by atoms with Gasteiger partial charge in [-0.2, -0.15) is 0 Å². The highest BCUT2D eigenvalue weighted by molar-refractivity contribution is 5.76. The van der Waals surface area contributed by atoms with E-state index in [4.69, 9.17) is 5.11 Å². The van der Waals surface area contributed by atoms with Crippen LogP contribution in [-0.2, 0) is 23.2 Å². The number of rotatable bonds is 3. The molecule has 0 aliphatic carbocycles. The number of aromatic nitrogens is 2. The predicted molar refractivity (Wildman–Crippen MR) is 72.9 cm³/mol. The van der Waals surface area contributed by atoms with Crippen molar-refractivity contribution in [3.05, 3.63) is 33.1 Å². The standard InChI is InChI=1S/C13H17N3O5/c1-14-5-4-10(17)16(13(14)21)8-11(18)15-6-2-9(3-7-15)12(19)20/h4-5,9H,2-3,6-8H2,1H3,(H,19,20). The van der Waals surface area contributed by atoms with E-state index in [2.05, 4.69) is 0 Å². The maximum Gasteiger partial charge on any atom is 0.331 e. The number of nitrogens with zero attached hydrogens (tertiary/aromatic N) is 3. The van der Waals surface area contributed by atoms with Crippen LogP contribution in [0.5, 0.6) is 0 Å². The molecule has 1 aromatic rings. The number of aliphatic carboxylic acids is 1. The zero-order valence-electron chi connectivity index (χ0n) is 11.7. The molecular formula is C13H17N3O5. The molecule has 0 bridgehead atoms. The number of amides is 1. The van der Waals surface area contributed by atoms with Crippen LogP contribution in [0.15, 0.2) is 21.9 Å². The summed E-state index contributed by atoms with van der Waals surface area (Å²) in [6, 6.07) is 1.23. The largest absolute Gasteiger partial charge is 0.481 e. The predicted octanol–water partition coefficient (Wildman–Crippen LogP) is -1.13. The summed E-state index contributed by atoms with van der Waals surface area (Å²) in [7, 11) is 1.50. The molecule has 0 saturated carbocycles. The number of piperidine rings is 1. The van der Waals surface area contributed by atoms with Gasteiger partial charge in [0.15, 0.2) is 0 Å². The summed E-state index contributed by atoms with van der Waals surface area (Å²) in [6.07, 6.45) is 2.13. The number of hydrogen-bond donors (Lipinski definition) is 1. The molecular weight excluding hydrogens is 278 g/mol. The van der Waals surface area contributed by atoms with Gasteiger partial charge in [-0.25, -0.2) is 4.79 Å². The van der Waals surface area contributed by atoms with E-state index in [1.54, 1.807) is 0 Å². The Morgan fingerprint density at radius 1 is 1.29 bits per heavy atom. The molecule has 1 aromatic heterocycles. The molecule has 8 heteroatoms. The lowest BCUT2D eigenvalue weighted by Gasteiger charge is -2.30. The summed E-state index contributed by atoms with van der Waals surface area (Å²) in [5.41, 5.74) is -1.07. The van der Waals surface area contributed by atoms with Crippen molar-refractivity contribution in [1.82, 2.24) is 14.0 Å². The van der Waals surface area contributed by atoms with Crippen LogP contribution >= 0.6 is 0 Å². The van der Waals surface area contributed by atoms with Crippen LogP contribution in [0.25, 0.3) is 0 Å². The lowest BCUT2D eigenvalue weighted by Crippen LogP contribution is -2.46.